The number of likely N-dealkylation sites (tertiary alicyclic amines) is 2. The van der Waals surface area contributed by atoms with E-state index in [4.69, 9.17) is 4.74 Å². The summed E-state index contributed by atoms with van der Waals surface area (Å²) in [6, 6.07) is 20.3. The second-order valence-corrected chi connectivity index (χ2v) is 8.70. The number of amides is 2. The van der Waals surface area contributed by atoms with Crippen molar-refractivity contribution in [1.82, 2.24) is 15.1 Å². The zero-order chi connectivity index (χ0) is 22.2. The summed E-state index contributed by atoms with van der Waals surface area (Å²) in [6.07, 6.45) is 4.35. The summed E-state index contributed by atoms with van der Waals surface area (Å²) in [4.78, 5) is 29.2. The Labute approximate surface area is 190 Å². The Balaban J connectivity index is 1.18. The van der Waals surface area contributed by atoms with E-state index < -0.39 is 0 Å². The summed E-state index contributed by atoms with van der Waals surface area (Å²) in [6.45, 7) is 4.09. The van der Waals surface area contributed by atoms with Crippen molar-refractivity contribution in [2.75, 3.05) is 32.8 Å². The molecule has 2 amide bonds. The Bertz CT molecular complexity index is 866. The normalized spacial score (nSPS) is 19.8. The molecule has 0 saturated carbocycles. The standard InChI is InChI=1S/C26H33N3O3/c30-25(18-27-26(31)22-10-5-2-6-11-22)28-16-13-23(14-17-28)29-15-7-12-24(29)20-32-19-21-8-3-1-4-9-21/h1-6,8-11,23-24H,7,12-20H2,(H,27,31)/t24-/m1/s1. The lowest BCUT2D eigenvalue weighted by atomic mass is 10.0. The fourth-order valence-corrected chi connectivity index (χ4v) is 4.81. The summed E-state index contributed by atoms with van der Waals surface area (Å²) < 4.78 is 6.03. The summed E-state index contributed by atoms with van der Waals surface area (Å²) in [5.74, 6) is -0.207. The van der Waals surface area contributed by atoms with Gasteiger partial charge in [-0.25, -0.2) is 0 Å². The minimum absolute atomic E-state index is 0.00287. The van der Waals surface area contributed by atoms with Crippen molar-refractivity contribution in [2.24, 2.45) is 0 Å². The van der Waals surface area contributed by atoms with Gasteiger partial charge in [0, 0.05) is 30.7 Å². The van der Waals surface area contributed by atoms with Crippen molar-refractivity contribution in [3.63, 3.8) is 0 Å². The van der Waals surface area contributed by atoms with Crippen LogP contribution in [0.2, 0.25) is 0 Å². The minimum Gasteiger partial charge on any atom is -0.375 e. The first kappa shape index (κ1) is 22.5. The second-order valence-electron chi connectivity index (χ2n) is 8.70. The van der Waals surface area contributed by atoms with E-state index in [2.05, 4.69) is 22.3 Å². The maximum atomic E-state index is 12.6. The predicted octanol–water partition coefficient (Wildman–Crippen LogP) is 3.09. The number of piperidine rings is 1. The van der Waals surface area contributed by atoms with E-state index in [0.717, 1.165) is 39.1 Å². The van der Waals surface area contributed by atoms with Gasteiger partial charge in [0.05, 0.1) is 19.8 Å². The van der Waals surface area contributed by atoms with Crippen LogP contribution in [0.1, 0.15) is 41.6 Å². The quantitative estimate of drug-likeness (QED) is 0.692. The van der Waals surface area contributed by atoms with Crippen LogP contribution in [0, 0.1) is 0 Å². The Hall–Kier alpha value is -2.70. The lowest BCUT2D eigenvalue weighted by molar-refractivity contribution is -0.131. The van der Waals surface area contributed by atoms with Crippen LogP contribution in [0.5, 0.6) is 0 Å². The Morgan fingerprint density at radius 3 is 2.31 bits per heavy atom. The number of hydrogen-bond donors (Lipinski definition) is 1. The van der Waals surface area contributed by atoms with E-state index in [0.29, 0.717) is 24.3 Å². The van der Waals surface area contributed by atoms with Gasteiger partial charge < -0.3 is 15.0 Å². The lowest BCUT2D eigenvalue weighted by Gasteiger charge is -2.39. The number of ether oxygens (including phenoxy) is 1. The molecule has 6 nitrogen and oxygen atoms in total. The van der Waals surface area contributed by atoms with E-state index in [1.807, 2.05) is 41.3 Å². The fourth-order valence-electron chi connectivity index (χ4n) is 4.81. The molecule has 0 aliphatic carbocycles. The van der Waals surface area contributed by atoms with Crippen LogP contribution in [0.3, 0.4) is 0 Å². The molecule has 2 aliphatic rings. The van der Waals surface area contributed by atoms with Gasteiger partial charge in [0.15, 0.2) is 0 Å². The van der Waals surface area contributed by atoms with Gasteiger partial charge in [-0.2, -0.15) is 0 Å². The van der Waals surface area contributed by atoms with Crippen molar-refractivity contribution < 1.29 is 14.3 Å². The van der Waals surface area contributed by atoms with Gasteiger partial charge in [-0.15, -0.1) is 0 Å². The number of rotatable bonds is 8. The van der Waals surface area contributed by atoms with Gasteiger partial charge in [-0.3, -0.25) is 14.5 Å². The molecule has 0 bridgehead atoms. The molecule has 1 atom stereocenters. The van der Waals surface area contributed by atoms with Gasteiger partial charge in [0.2, 0.25) is 5.91 Å². The number of benzene rings is 2. The first-order valence-electron chi connectivity index (χ1n) is 11.7. The average molecular weight is 436 g/mol. The molecule has 0 radical (unpaired) electrons. The highest BCUT2D eigenvalue weighted by molar-refractivity contribution is 5.96. The highest BCUT2D eigenvalue weighted by Gasteiger charge is 2.33. The summed E-state index contributed by atoms with van der Waals surface area (Å²) in [7, 11) is 0. The maximum absolute atomic E-state index is 12.6. The molecule has 170 valence electrons. The molecule has 2 fully saturated rings. The predicted molar refractivity (Wildman–Crippen MR) is 124 cm³/mol. The molecule has 2 aromatic rings. The van der Waals surface area contributed by atoms with Gasteiger partial charge in [0.25, 0.3) is 5.91 Å². The van der Waals surface area contributed by atoms with E-state index in [1.165, 1.54) is 18.4 Å². The maximum Gasteiger partial charge on any atom is 0.251 e. The van der Waals surface area contributed by atoms with Crippen LogP contribution < -0.4 is 5.32 Å². The van der Waals surface area contributed by atoms with Crippen LogP contribution in [0.15, 0.2) is 60.7 Å². The molecule has 0 spiro atoms. The van der Waals surface area contributed by atoms with Crippen LogP contribution in [-0.2, 0) is 16.1 Å². The zero-order valence-electron chi connectivity index (χ0n) is 18.6. The Morgan fingerprint density at radius 1 is 0.906 bits per heavy atom. The third-order valence-corrected chi connectivity index (χ3v) is 6.57. The molecular weight excluding hydrogens is 402 g/mol. The van der Waals surface area contributed by atoms with E-state index in [1.54, 1.807) is 12.1 Å². The third kappa shape index (κ3) is 5.96. The molecule has 32 heavy (non-hydrogen) atoms. The number of carbonyl (C=O) groups is 2. The van der Waals surface area contributed by atoms with Crippen LogP contribution in [-0.4, -0.2) is 66.5 Å². The molecular formula is C26H33N3O3. The molecule has 1 N–H and O–H groups in total. The fraction of sp³-hybridized carbons (Fsp3) is 0.462. The molecule has 6 heteroatoms. The number of nitrogens with zero attached hydrogens (tertiary/aromatic N) is 2. The van der Waals surface area contributed by atoms with Gasteiger partial charge in [-0.05, 0) is 49.9 Å². The molecule has 2 saturated heterocycles. The van der Waals surface area contributed by atoms with Crippen LogP contribution >= 0.6 is 0 Å². The third-order valence-electron chi connectivity index (χ3n) is 6.57. The monoisotopic (exact) mass is 435 g/mol. The molecule has 2 aliphatic heterocycles. The van der Waals surface area contributed by atoms with Gasteiger partial charge >= 0.3 is 0 Å². The molecule has 2 heterocycles. The first-order chi connectivity index (χ1) is 15.7. The minimum atomic E-state index is -0.204. The lowest BCUT2D eigenvalue weighted by Crippen LogP contribution is -2.50. The number of nitrogens with one attached hydrogen (secondary N) is 1. The second kappa shape index (κ2) is 11.2. The molecule has 0 aromatic heterocycles. The van der Waals surface area contributed by atoms with Crippen molar-refractivity contribution in [3.8, 4) is 0 Å². The van der Waals surface area contributed by atoms with E-state index in [9.17, 15) is 9.59 Å². The van der Waals surface area contributed by atoms with Gasteiger partial charge in [0.1, 0.15) is 0 Å². The van der Waals surface area contributed by atoms with Crippen LogP contribution in [0.4, 0.5) is 0 Å². The van der Waals surface area contributed by atoms with Crippen molar-refractivity contribution in [2.45, 2.75) is 44.4 Å². The molecule has 2 aromatic carbocycles. The SMILES string of the molecule is O=C(NCC(=O)N1CCC(N2CCC[C@@H]2COCc2ccccc2)CC1)c1ccccc1. The van der Waals surface area contributed by atoms with Crippen molar-refractivity contribution in [1.29, 1.82) is 0 Å². The zero-order valence-corrected chi connectivity index (χ0v) is 18.6. The summed E-state index contributed by atoms with van der Waals surface area (Å²) in [5, 5.41) is 2.75. The van der Waals surface area contributed by atoms with Crippen molar-refractivity contribution in [3.05, 3.63) is 71.8 Å². The average Bonchev–Trinajstić information content (AvgIpc) is 3.32. The highest BCUT2D eigenvalue weighted by Crippen LogP contribution is 2.26. The van der Waals surface area contributed by atoms with Crippen molar-refractivity contribution >= 4 is 11.8 Å². The Kier molecular flexibility index (Phi) is 7.91. The molecule has 0 unspecified atom stereocenters. The van der Waals surface area contributed by atoms with Crippen LogP contribution in [0.25, 0.3) is 0 Å². The topological polar surface area (TPSA) is 61.9 Å². The Morgan fingerprint density at radius 2 is 1.59 bits per heavy atom. The van der Waals surface area contributed by atoms with E-state index >= 15 is 0 Å². The smallest absolute Gasteiger partial charge is 0.251 e. The van der Waals surface area contributed by atoms with E-state index in [-0.39, 0.29) is 18.4 Å². The summed E-state index contributed by atoms with van der Waals surface area (Å²) in [5.41, 5.74) is 1.79. The number of carbonyl (C=O) groups excluding carboxylic acids is 2. The highest BCUT2D eigenvalue weighted by atomic mass is 16.5. The number of hydrogen-bond acceptors (Lipinski definition) is 4. The van der Waals surface area contributed by atoms with Gasteiger partial charge in [-0.1, -0.05) is 48.5 Å². The first-order valence-corrected chi connectivity index (χ1v) is 11.7. The largest absolute Gasteiger partial charge is 0.375 e. The molecule has 4 rings (SSSR count). The summed E-state index contributed by atoms with van der Waals surface area (Å²) >= 11 is 0.